The minimum Gasteiger partial charge on any atom is -0.490 e. The van der Waals surface area contributed by atoms with E-state index in [9.17, 15) is 0 Å². The fourth-order valence-corrected chi connectivity index (χ4v) is 2.79. The van der Waals surface area contributed by atoms with E-state index in [-0.39, 0.29) is 6.10 Å². The normalized spacial score (nSPS) is 17.4. The molecule has 1 unspecified atom stereocenters. The number of hydrogen-bond donors (Lipinski definition) is 0. The van der Waals surface area contributed by atoms with Crippen molar-refractivity contribution in [2.45, 2.75) is 6.10 Å². The van der Waals surface area contributed by atoms with Crippen molar-refractivity contribution in [1.29, 1.82) is 0 Å². The molecule has 1 fully saturated rings. The minimum atomic E-state index is -0.0474. The van der Waals surface area contributed by atoms with E-state index in [0.29, 0.717) is 26.4 Å². The predicted octanol–water partition coefficient (Wildman–Crippen LogP) is 2.73. The predicted molar refractivity (Wildman–Crippen MR) is 92.8 cm³/mol. The standard InChI is InChI=1S/C19H19N3O3/c1-2-6-15(7-3-1)22-14-20-21-19(22)17-8-4-5-9-18(17)25-13-16-12-23-10-11-24-16/h1-9,14,16H,10-13H2. The smallest absolute Gasteiger partial charge is 0.172 e. The zero-order chi connectivity index (χ0) is 16.9. The first kappa shape index (κ1) is 15.8. The van der Waals surface area contributed by atoms with Crippen molar-refractivity contribution >= 4 is 0 Å². The monoisotopic (exact) mass is 337 g/mol. The van der Waals surface area contributed by atoms with Crippen LogP contribution in [0.15, 0.2) is 60.9 Å². The zero-order valence-electron chi connectivity index (χ0n) is 13.7. The highest BCUT2D eigenvalue weighted by atomic mass is 16.6. The van der Waals surface area contributed by atoms with Crippen molar-refractivity contribution < 1.29 is 14.2 Å². The quantitative estimate of drug-likeness (QED) is 0.716. The van der Waals surface area contributed by atoms with Crippen LogP contribution in [0.1, 0.15) is 0 Å². The van der Waals surface area contributed by atoms with Gasteiger partial charge in [-0.05, 0) is 24.3 Å². The van der Waals surface area contributed by atoms with Gasteiger partial charge in [0.1, 0.15) is 24.8 Å². The highest BCUT2D eigenvalue weighted by Gasteiger charge is 2.18. The first-order valence-corrected chi connectivity index (χ1v) is 8.29. The highest BCUT2D eigenvalue weighted by molar-refractivity contribution is 5.65. The lowest BCUT2D eigenvalue weighted by atomic mass is 10.2. The molecule has 1 aromatic heterocycles. The zero-order valence-corrected chi connectivity index (χ0v) is 13.7. The topological polar surface area (TPSA) is 58.4 Å². The van der Waals surface area contributed by atoms with Gasteiger partial charge < -0.3 is 14.2 Å². The van der Waals surface area contributed by atoms with Gasteiger partial charge in [0.2, 0.25) is 0 Å². The second kappa shape index (κ2) is 7.46. The average molecular weight is 337 g/mol. The van der Waals surface area contributed by atoms with Gasteiger partial charge in [-0.3, -0.25) is 4.57 Å². The number of para-hydroxylation sites is 2. The Hall–Kier alpha value is -2.70. The molecule has 6 nitrogen and oxygen atoms in total. The molecule has 0 bridgehead atoms. The van der Waals surface area contributed by atoms with Gasteiger partial charge in [0.05, 0.1) is 25.4 Å². The molecule has 3 aromatic rings. The third-order valence-corrected chi connectivity index (χ3v) is 4.02. The molecule has 0 amide bonds. The largest absolute Gasteiger partial charge is 0.490 e. The van der Waals surface area contributed by atoms with Gasteiger partial charge >= 0.3 is 0 Å². The number of aromatic nitrogens is 3. The van der Waals surface area contributed by atoms with E-state index in [1.54, 1.807) is 6.33 Å². The minimum absolute atomic E-state index is 0.0474. The van der Waals surface area contributed by atoms with Gasteiger partial charge in [0.15, 0.2) is 5.82 Å². The maximum atomic E-state index is 6.01. The fourth-order valence-electron chi connectivity index (χ4n) is 2.79. The molecule has 0 saturated carbocycles. The first-order chi connectivity index (χ1) is 12.4. The Morgan fingerprint density at radius 3 is 2.72 bits per heavy atom. The van der Waals surface area contributed by atoms with Crippen molar-refractivity contribution in [3.63, 3.8) is 0 Å². The van der Waals surface area contributed by atoms with E-state index < -0.39 is 0 Å². The van der Waals surface area contributed by atoms with Crippen LogP contribution in [-0.4, -0.2) is 47.3 Å². The summed E-state index contributed by atoms with van der Waals surface area (Å²) in [6, 6.07) is 17.8. The molecule has 2 heterocycles. The molecular weight excluding hydrogens is 318 g/mol. The van der Waals surface area contributed by atoms with Crippen molar-refractivity contribution in [3.05, 3.63) is 60.9 Å². The lowest BCUT2D eigenvalue weighted by molar-refractivity contribution is -0.101. The van der Waals surface area contributed by atoms with Crippen molar-refractivity contribution in [2.24, 2.45) is 0 Å². The molecule has 0 spiro atoms. The van der Waals surface area contributed by atoms with Crippen LogP contribution in [0, 0.1) is 0 Å². The van der Waals surface area contributed by atoms with Gasteiger partial charge in [-0.1, -0.05) is 30.3 Å². The average Bonchev–Trinajstić information content (AvgIpc) is 3.18. The summed E-state index contributed by atoms with van der Waals surface area (Å²) in [5.41, 5.74) is 1.89. The van der Waals surface area contributed by atoms with Crippen molar-refractivity contribution in [3.8, 4) is 22.8 Å². The maximum Gasteiger partial charge on any atom is 0.172 e. The van der Waals surface area contributed by atoms with Gasteiger partial charge in [-0.25, -0.2) is 0 Å². The Labute approximate surface area is 146 Å². The van der Waals surface area contributed by atoms with Crippen LogP contribution >= 0.6 is 0 Å². The lowest BCUT2D eigenvalue weighted by Crippen LogP contribution is -2.33. The summed E-state index contributed by atoms with van der Waals surface area (Å²) in [5, 5.41) is 8.37. The van der Waals surface area contributed by atoms with E-state index in [1.807, 2.05) is 59.2 Å². The molecule has 1 atom stereocenters. The third-order valence-electron chi connectivity index (χ3n) is 4.02. The maximum absolute atomic E-state index is 6.01. The van der Waals surface area contributed by atoms with Crippen LogP contribution in [0.5, 0.6) is 5.75 Å². The molecular formula is C19H19N3O3. The molecule has 4 rings (SSSR count). The third kappa shape index (κ3) is 3.55. The summed E-state index contributed by atoms with van der Waals surface area (Å²) in [6.45, 7) is 2.25. The molecule has 1 aliphatic rings. The van der Waals surface area contributed by atoms with E-state index in [1.165, 1.54) is 0 Å². The van der Waals surface area contributed by atoms with Gasteiger partial charge in [0.25, 0.3) is 0 Å². The van der Waals surface area contributed by atoms with E-state index >= 15 is 0 Å². The molecule has 25 heavy (non-hydrogen) atoms. The van der Waals surface area contributed by atoms with E-state index in [4.69, 9.17) is 14.2 Å². The molecule has 0 aliphatic carbocycles. The molecule has 1 aliphatic heterocycles. The Kier molecular flexibility index (Phi) is 4.72. The molecule has 0 radical (unpaired) electrons. The summed E-state index contributed by atoms with van der Waals surface area (Å²) in [4.78, 5) is 0. The highest BCUT2D eigenvalue weighted by Crippen LogP contribution is 2.30. The second-order valence-electron chi connectivity index (χ2n) is 5.73. The van der Waals surface area contributed by atoms with Crippen molar-refractivity contribution in [2.75, 3.05) is 26.4 Å². The molecule has 2 aromatic carbocycles. The van der Waals surface area contributed by atoms with Crippen LogP contribution in [0.3, 0.4) is 0 Å². The Morgan fingerprint density at radius 2 is 1.88 bits per heavy atom. The second-order valence-corrected chi connectivity index (χ2v) is 5.73. The summed E-state index contributed by atoms with van der Waals surface area (Å²) in [6.07, 6.45) is 1.66. The first-order valence-electron chi connectivity index (χ1n) is 8.29. The van der Waals surface area contributed by atoms with Gasteiger partial charge in [-0.2, -0.15) is 0 Å². The van der Waals surface area contributed by atoms with Gasteiger partial charge in [-0.15, -0.1) is 10.2 Å². The van der Waals surface area contributed by atoms with Crippen LogP contribution in [0.2, 0.25) is 0 Å². The van der Waals surface area contributed by atoms with Crippen molar-refractivity contribution in [1.82, 2.24) is 14.8 Å². The number of benzene rings is 2. The van der Waals surface area contributed by atoms with Crippen LogP contribution in [0.25, 0.3) is 17.1 Å². The van der Waals surface area contributed by atoms with Crippen LogP contribution in [-0.2, 0) is 9.47 Å². The SMILES string of the molecule is c1ccc(-n2cnnc2-c2ccccc2OCC2COCCO2)cc1. The summed E-state index contributed by atoms with van der Waals surface area (Å²) in [7, 11) is 0. The van der Waals surface area contributed by atoms with Crippen LogP contribution < -0.4 is 4.74 Å². The van der Waals surface area contributed by atoms with E-state index in [0.717, 1.165) is 22.8 Å². The Morgan fingerprint density at radius 1 is 1.04 bits per heavy atom. The molecule has 1 saturated heterocycles. The molecule has 128 valence electrons. The number of rotatable bonds is 5. The van der Waals surface area contributed by atoms with E-state index in [2.05, 4.69) is 10.2 Å². The van der Waals surface area contributed by atoms with Crippen LogP contribution in [0.4, 0.5) is 0 Å². The fraction of sp³-hybridized carbons (Fsp3) is 0.263. The number of ether oxygens (including phenoxy) is 3. The number of nitrogens with zero attached hydrogens (tertiary/aromatic N) is 3. The summed E-state index contributed by atoms with van der Waals surface area (Å²) >= 11 is 0. The number of hydrogen-bond acceptors (Lipinski definition) is 5. The summed E-state index contributed by atoms with van der Waals surface area (Å²) in [5.74, 6) is 1.49. The lowest BCUT2D eigenvalue weighted by Gasteiger charge is -2.23. The van der Waals surface area contributed by atoms with Gasteiger partial charge in [0, 0.05) is 5.69 Å². The summed E-state index contributed by atoms with van der Waals surface area (Å²) < 4.78 is 19.0. The molecule has 0 N–H and O–H groups in total. The Balaban J connectivity index is 1.60. The molecule has 6 heteroatoms. The Bertz CT molecular complexity index is 814.